The highest BCUT2D eigenvalue weighted by molar-refractivity contribution is 5.20. The molecule has 0 heterocycles. The Morgan fingerprint density at radius 1 is 1.13 bits per heavy atom. The minimum atomic E-state index is -0.928. The molecule has 0 aliphatic heterocycles. The first-order chi connectivity index (χ1) is 7.04. The van der Waals surface area contributed by atoms with Crippen LogP contribution < -0.4 is 0 Å². The van der Waals surface area contributed by atoms with Crippen LogP contribution in [0, 0.1) is 11.8 Å². The van der Waals surface area contributed by atoms with Crippen LogP contribution in [0.3, 0.4) is 0 Å². The Hall–Kier alpha value is -0.600. The molecule has 4 heteroatoms. The lowest BCUT2D eigenvalue weighted by molar-refractivity contribution is -0.311. The van der Waals surface area contributed by atoms with Gasteiger partial charge in [0.1, 0.15) is 0 Å². The van der Waals surface area contributed by atoms with Gasteiger partial charge >= 0.3 is 0 Å². The van der Waals surface area contributed by atoms with Crippen LogP contribution in [0.15, 0.2) is 0 Å². The van der Waals surface area contributed by atoms with E-state index in [1.807, 2.05) is 0 Å². The van der Waals surface area contributed by atoms with Gasteiger partial charge in [-0.15, -0.1) is 0 Å². The Bertz CT molecular complexity index is 255. The largest absolute Gasteiger partial charge is 0.250 e. The van der Waals surface area contributed by atoms with E-state index in [1.54, 1.807) is 13.8 Å². The molecule has 0 radical (unpaired) electrons. The zero-order valence-corrected chi connectivity index (χ0v) is 9.25. The minimum absolute atomic E-state index is 0.720. The van der Waals surface area contributed by atoms with Crippen molar-refractivity contribution in [3.8, 4) is 11.8 Å². The molecule has 0 aromatic carbocycles. The molecule has 15 heavy (non-hydrogen) atoms. The predicted molar refractivity (Wildman–Crippen MR) is 55.1 cm³/mol. The van der Waals surface area contributed by atoms with Gasteiger partial charge in [0.15, 0.2) is 11.2 Å². The highest BCUT2D eigenvalue weighted by Crippen LogP contribution is 2.30. The van der Waals surface area contributed by atoms with Crippen LogP contribution in [-0.4, -0.2) is 21.7 Å². The number of hydrogen-bond acceptors (Lipinski definition) is 4. The van der Waals surface area contributed by atoms with E-state index in [0.717, 1.165) is 32.1 Å². The maximum absolute atomic E-state index is 8.91. The lowest BCUT2D eigenvalue weighted by Crippen LogP contribution is -2.33. The monoisotopic (exact) mass is 214 g/mol. The second-order valence-corrected chi connectivity index (χ2v) is 4.50. The van der Waals surface area contributed by atoms with Crippen molar-refractivity contribution in [2.75, 3.05) is 0 Å². The fraction of sp³-hybridized carbons (Fsp3) is 0.818. The van der Waals surface area contributed by atoms with E-state index in [0.29, 0.717) is 0 Å². The molecule has 1 aliphatic carbocycles. The highest BCUT2D eigenvalue weighted by Gasteiger charge is 2.32. The van der Waals surface area contributed by atoms with Gasteiger partial charge in [-0.2, -0.15) is 0 Å². The fourth-order valence-electron chi connectivity index (χ4n) is 1.65. The van der Waals surface area contributed by atoms with Crippen LogP contribution in [-0.2, 0) is 9.78 Å². The molecule has 0 saturated heterocycles. The van der Waals surface area contributed by atoms with Gasteiger partial charge in [0.25, 0.3) is 0 Å². The highest BCUT2D eigenvalue weighted by atomic mass is 17.1. The molecule has 0 unspecified atom stereocenters. The third-order valence-corrected chi connectivity index (χ3v) is 2.66. The molecule has 2 N–H and O–H groups in total. The topological polar surface area (TPSA) is 58.9 Å². The van der Waals surface area contributed by atoms with Crippen molar-refractivity contribution >= 4 is 0 Å². The summed E-state index contributed by atoms with van der Waals surface area (Å²) in [6.45, 7) is 3.29. The van der Waals surface area contributed by atoms with Crippen LogP contribution in [0.5, 0.6) is 0 Å². The molecule has 0 spiro atoms. The summed E-state index contributed by atoms with van der Waals surface area (Å²) >= 11 is 0. The Labute approximate surface area is 90.1 Å². The van der Waals surface area contributed by atoms with Crippen molar-refractivity contribution in [2.45, 2.75) is 57.2 Å². The first-order valence-electron chi connectivity index (χ1n) is 5.23. The summed E-state index contributed by atoms with van der Waals surface area (Å²) in [6, 6.07) is 0. The van der Waals surface area contributed by atoms with E-state index < -0.39 is 11.2 Å². The molecule has 0 bridgehead atoms. The average molecular weight is 214 g/mol. The number of rotatable bonds is 2. The zero-order valence-electron chi connectivity index (χ0n) is 9.25. The smallest absolute Gasteiger partial charge is 0.163 e. The van der Waals surface area contributed by atoms with E-state index in [-0.39, 0.29) is 0 Å². The normalized spacial score (nSPS) is 20.5. The van der Waals surface area contributed by atoms with Gasteiger partial charge in [-0.25, -0.2) is 9.78 Å². The average Bonchev–Trinajstić information content (AvgIpc) is 2.28. The quantitative estimate of drug-likeness (QED) is 0.421. The van der Waals surface area contributed by atoms with Crippen molar-refractivity contribution in [3.05, 3.63) is 0 Å². The Kier molecular flexibility index (Phi) is 4.12. The molecule has 0 aromatic heterocycles. The molecular formula is C11H18O4. The van der Waals surface area contributed by atoms with Crippen LogP contribution >= 0.6 is 0 Å². The van der Waals surface area contributed by atoms with Crippen molar-refractivity contribution in [3.63, 3.8) is 0 Å². The van der Waals surface area contributed by atoms with Crippen LogP contribution in [0.2, 0.25) is 0 Å². The van der Waals surface area contributed by atoms with Crippen molar-refractivity contribution in [2.24, 2.45) is 0 Å². The first kappa shape index (κ1) is 12.5. The summed E-state index contributed by atoms with van der Waals surface area (Å²) in [5.41, 5.74) is -1.70. The molecule has 0 amide bonds. The van der Waals surface area contributed by atoms with Gasteiger partial charge < -0.3 is 0 Å². The van der Waals surface area contributed by atoms with Crippen LogP contribution in [0.1, 0.15) is 46.0 Å². The lowest BCUT2D eigenvalue weighted by atomic mass is 9.85. The van der Waals surface area contributed by atoms with Gasteiger partial charge in [-0.05, 0) is 39.5 Å². The molecule has 0 aromatic rings. The summed E-state index contributed by atoms with van der Waals surface area (Å²) in [4.78, 5) is 8.72. The second-order valence-electron chi connectivity index (χ2n) is 4.50. The second kappa shape index (κ2) is 4.95. The molecule has 86 valence electrons. The van der Waals surface area contributed by atoms with Crippen molar-refractivity contribution in [1.29, 1.82) is 0 Å². The summed E-state index contributed by atoms with van der Waals surface area (Å²) in [5.74, 6) is 5.63. The van der Waals surface area contributed by atoms with Gasteiger partial charge in [0.2, 0.25) is 0 Å². The van der Waals surface area contributed by atoms with E-state index in [2.05, 4.69) is 21.6 Å². The van der Waals surface area contributed by atoms with Gasteiger partial charge in [0.05, 0.1) is 0 Å². The fourth-order valence-corrected chi connectivity index (χ4v) is 1.65. The summed E-state index contributed by atoms with van der Waals surface area (Å²) in [7, 11) is 0. The standard InChI is InChI=1S/C11H18O4/c1-10(2,14-12)8-9-11(15-13)6-4-3-5-7-11/h12-13H,3-7H2,1-2H3. The van der Waals surface area contributed by atoms with Gasteiger partial charge in [0, 0.05) is 0 Å². The van der Waals surface area contributed by atoms with E-state index in [1.165, 1.54) is 0 Å². The molecule has 1 aliphatic rings. The van der Waals surface area contributed by atoms with Crippen LogP contribution in [0.4, 0.5) is 0 Å². The molecule has 1 fully saturated rings. The maximum atomic E-state index is 8.91. The SMILES string of the molecule is CC(C)(C#CC1(OO)CCCCC1)OO. The molecular weight excluding hydrogens is 196 g/mol. The Morgan fingerprint density at radius 2 is 1.73 bits per heavy atom. The van der Waals surface area contributed by atoms with Gasteiger partial charge in [-0.3, -0.25) is 10.5 Å². The third kappa shape index (κ3) is 3.47. The minimum Gasteiger partial charge on any atom is -0.250 e. The lowest BCUT2D eigenvalue weighted by Gasteiger charge is -2.29. The van der Waals surface area contributed by atoms with Crippen molar-refractivity contribution < 1.29 is 20.3 Å². The predicted octanol–water partition coefficient (Wildman–Crippen LogP) is 2.45. The van der Waals surface area contributed by atoms with Gasteiger partial charge in [-0.1, -0.05) is 18.3 Å². The summed E-state index contributed by atoms with van der Waals surface area (Å²) in [5, 5.41) is 17.5. The summed E-state index contributed by atoms with van der Waals surface area (Å²) < 4.78 is 0. The molecule has 4 nitrogen and oxygen atoms in total. The molecule has 1 saturated carbocycles. The zero-order chi connectivity index (χ0) is 11.4. The summed E-state index contributed by atoms with van der Waals surface area (Å²) in [6.07, 6.45) is 4.58. The Morgan fingerprint density at radius 3 is 2.20 bits per heavy atom. The van der Waals surface area contributed by atoms with Crippen molar-refractivity contribution in [1.82, 2.24) is 0 Å². The van der Waals surface area contributed by atoms with E-state index >= 15 is 0 Å². The van der Waals surface area contributed by atoms with E-state index in [4.69, 9.17) is 10.5 Å². The van der Waals surface area contributed by atoms with Crippen LogP contribution in [0.25, 0.3) is 0 Å². The third-order valence-electron chi connectivity index (χ3n) is 2.66. The Balaban J connectivity index is 2.74. The maximum Gasteiger partial charge on any atom is 0.163 e. The molecule has 1 rings (SSSR count). The number of hydrogen-bond donors (Lipinski definition) is 2. The molecule has 0 atom stereocenters. The van der Waals surface area contributed by atoms with E-state index in [9.17, 15) is 0 Å². The first-order valence-corrected chi connectivity index (χ1v) is 5.23.